The molecule has 0 aromatic heterocycles. The molecule has 4 nitrogen and oxygen atoms in total. The molecule has 0 aliphatic heterocycles. The van der Waals surface area contributed by atoms with Crippen LogP contribution >= 0.6 is 23.2 Å². The maximum Gasteiger partial charge on any atom is 0.222 e. The number of halogens is 2. The summed E-state index contributed by atoms with van der Waals surface area (Å²) in [5, 5.41) is 1.07. The molecule has 0 saturated carbocycles. The van der Waals surface area contributed by atoms with Gasteiger partial charge in [0.25, 0.3) is 0 Å². The van der Waals surface area contributed by atoms with Gasteiger partial charge in [-0.3, -0.25) is 4.79 Å². The van der Waals surface area contributed by atoms with Gasteiger partial charge in [0, 0.05) is 25.8 Å². The fourth-order valence-corrected chi connectivity index (χ4v) is 4.49. The molecule has 7 heteroatoms. The van der Waals surface area contributed by atoms with Crippen molar-refractivity contribution >= 4 is 38.9 Å². The first-order chi connectivity index (χ1) is 14.7. The van der Waals surface area contributed by atoms with Gasteiger partial charge in [-0.05, 0) is 54.5 Å². The molecule has 0 N–H and O–H groups in total. The number of carbonyl (C=O) groups excluding carboxylic acids is 1. The zero-order chi connectivity index (χ0) is 22.9. The lowest BCUT2D eigenvalue weighted by Crippen LogP contribution is -2.33. The number of carbonyl (C=O) groups is 1. The molecule has 0 heterocycles. The zero-order valence-electron chi connectivity index (χ0n) is 18.2. The molecule has 0 unspecified atom stereocenters. The first-order valence-corrected chi connectivity index (χ1v) is 13.5. The summed E-state index contributed by atoms with van der Waals surface area (Å²) in [7, 11) is -3.03. The second kappa shape index (κ2) is 12.5. The van der Waals surface area contributed by atoms with Crippen molar-refractivity contribution in [1.29, 1.82) is 0 Å². The number of rotatable bonds is 12. The SMILES string of the molecule is CCCCN(CCc1ccc(Cl)c(Cl)c1)C(=O)CCCc1ccc(CS(C)(=O)=O)cc1. The van der Waals surface area contributed by atoms with Crippen molar-refractivity contribution in [3.8, 4) is 0 Å². The third kappa shape index (κ3) is 9.63. The number of nitrogens with zero attached hydrogens (tertiary/aromatic N) is 1. The second-order valence-corrected chi connectivity index (χ2v) is 10.9. The summed E-state index contributed by atoms with van der Waals surface area (Å²) in [6.45, 7) is 3.54. The quantitative estimate of drug-likeness (QED) is 0.387. The van der Waals surface area contributed by atoms with Gasteiger partial charge in [0.2, 0.25) is 5.91 Å². The van der Waals surface area contributed by atoms with E-state index in [0.29, 0.717) is 23.0 Å². The molecule has 170 valence electrons. The Labute approximate surface area is 196 Å². The van der Waals surface area contributed by atoms with Crippen molar-refractivity contribution in [1.82, 2.24) is 4.90 Å². The fraction of sp³-hybridized carbons (Fsp3) is 0.458. The first kappa shape index (κ1) is 25.7. The fourth-order valence-electron chi connectivity index (χ4n) is 3.38. The topological polar surface area (TPSA) is 54.5 Å². The predicted octanol–water partition coefficient (Wildman–Crippen LogP) is 5.73. The van der Waals surface area contributed by atoms with E-state index >= 15 is 0 Å². The van der Waals surface area contributed by atoms with Gasteiger partial charge in [-0.1, -0.05) is 66.9 Å². The lowest BCUT2D eigenvalue weighted by Gasteiger charge is -2.23. The van der Waals surface area contributed by atoms with E-state index in [1.165, 1.54) is 6.26 Å². The normalized spacial score (nSPS) is 11.5. The molecule has 2 aromatic rings. The third-order valence-electron chi connectivity index (χ3n) is 5.10. The van der Waals surface area contributed by atoms with Crippen LogP contribution in [0.2, 0.25) is 10.0 Å². The lowest BCUT2D eigenvalue weighted by molar-refractivity contribution is -0.131. The molecule has 0 spiro atoms. The van der Waals surface area contributed by atoms with Crippen molar-refractivity contribution in [3.05, 3.63) is 69.2 Å². The van der Waals surface area contributed by atoms with Gasteiger partial charge in [-0.2, -0.15) is 0 Å². The predicted molar refractivity (Wildman–Crippen MR) is 130 cm³/mol. The smallest absolute Gasteiger partial charge is 0.222 e. The van der Waals surface area contributed by atoms with Crippen LogP contribution < -0.4 is 0 Å². The van der Waals surface area contributed by atoms with Crippen LogP contribution in [0.1, 0.15) is 49.3 Å². The largest absolute Gasteiger partial charge is 0.342 e. The minimum Gasteiger partial charge on any atom is -0.342 e. The highest BCUT2D eigenvalue weighted by Crippen LogP contribution is 2.23. The Morgan fingerprint density at radius 2 is 1.52 bits per heavy atom. The number of aryl methyl sites for hydroxylation is 1. The van der Waals surface area contributed by atoms with Gasteiger partial charge in [0.1, 0.15) is 0 Å². The van der Waals surface area contributed by atoms with E-state index in [1.54, 1.807) is 6.07 Å². The lowest BCUT2D eigenvalue weighted by atomic mass is 10.1. The minimum absolute atomic E-state index is 0.0526. The van der Waals surface area contributed by atoms with E-state index in [1.807, 2.05) is 41.3 Å². The highest BCUT2D eigenvalue weighted by molar-refractivity contribution is 7.89. The molecule has 2 aromatic carbocycles. The Morgan fingerprint density at radius 1 is 0.871 bits per heavy atom. The van der Waals surface area contributed by atoms with E-state index in [2.05, 4.69) is 6.92 Å². The standard InChI is InChI=1S/C24H31Cl2NO3S/c1-3-4-15-27(16-14-20-12-13-22(25)23(26)17-20)24(28)7-5-6-19-8-10-21(11-9-19)18-31(2,29)30/h8-13,17H,3-7,14-16,18H2,1-2H3. The maximum atomic E-state index is 12.8. The van der Waals surface area contributed by atoms with Crippen molar-refractivity contribution in [2.24, 2.45) is 0 Å². The van der Waals surface area contributed by atoms with Gasteiger partial charge >= 0.3 is 0 Å². The van der Waals surface area contributed by atoms with Crippen LogP contribution in [0, 0.1) is 0 Å². The van der Waals surface area contributed by atoms with E-state index < -0.39 is 9.84 Å². The zero-order valence-corrected chi connectivity index (χ0v) is 20.6. The van der Waals surface area contributed by atoms with E-state index in [-0.39, 0.29) is 11.7 Å². The van der Waals surface area contributed by atoms with Crippen molar-refractivity contribution in [2.75, 3.05) is 19.3 Å². The number of unbranched alkanes of at least 4 members (excludes halogenated alkanes) is 1. The molecule has 1 amide bonds. The number of amides is 1. The molecule has 31 heavy (non-hydrogen) atoms. The summed E-state index contributed by atoms with van der Waals surface area (Å²) in [5.41, 5.74) is 2.97. The molecule has 0 aliphatic carbocycles. The molecule has 2 rings (SSSR count). The molecule has 0 bridgehead atoms. The van der Waals surface area contributed by atoms with Crippen LogP contribution in [0.4, 0.5) is 0 Å². The summed E-state index contributed by atoms with van der Waals surface area (Å²) in [4.78, 5) is 14.8. The van der Waals surface area contributed by atoms with Crippen LogP contribution in [0.15, 0.2) is 42.5 Å². The van der Waals surface area contributed by atoms with Gasteiger partial charge < -0.3 is 4.90 Å². The third-order valence-corrected chi connectivity index (χ3v) is 6.69. The monoisotopic (exact) mass is 483 g/mol. The Balaban J connectivity index is 1.86. The van der Waals surface area contributed by atoms with Crippen LogP contribution in [0.3, 0.4) is 0 Å². The van der Waals surface area contributed by atoms with Crippen molar-refractivity contribution in [3.63, 3.8) is 0 Å². The first-order valence-electron chi connectivity index (χ1n) is 10.6. The molecule has 0 aliphatic rings. The van der Waals surface area contributed by atoms with Crippen LogP contribution in [0.25, 0.3) is 0 Å². The van der Waals surface area contributed by atoms with E-state index in [9.17, 15) is 13.2 Å². The summed E-state index contributed by atoms with van der Waals surface area (Å²) in [5.74, 6) is 0.221. The van der Waals surface area contributed by atoms with Gasteiger partial charge in [-0.15, -0.1) is 0 Å². The number of sulfone groups is 1. The van der Waals surface area contributed by atoms with Crippen LogP contribution in [-0.4, -0.2) is 38.6 Å². The van der Waals surface area contributed by atoms with Gasteiger partial charge in [0.15, 0.2) is 9.84 Å². The Kier molecular flexibility index (Phi) is 10.3. The maximum absolute atomic E-state index is 12.8. The van der Waals surface area contributed by atoms with Crippen molar-refractivity contribution < 1.29 is 13.2 Å². The molecular formula is C24H31Cl2NO3S. The molecule has 0 radical (unpaired) electrons. The average Bonchev–Trinajstić information content (AvgIpc) is 2.70. The Hall–Kier alpha value is -1.56. The van der Waals surface area contributed by atoms with Crippen LogP contribution in [0.5, 0.6) is 0 Å². The summed E-state index contributed by atoms with van der Waals surface area (Å²) in [6.07, 6.45) is 6.05. The van der Waals surface area contributed by atoms with E-state index in [4.69, 9.17) is 23.2 Å². The molecule has 0 atom stereocenters. The highest BCUT2D eigenvalue weighted by atomic mass is 35.5. The van der Waals surface area contributed by atoms with Gasteiger partial charge in [-0.25, -0.2) is 8.42 Å². The number of hydrogen-bond donors (Lipinski definition) is 0. The number of benzene rings is 2. The Morgan fingerprint density at radius 3 is 2.13 bits per heavy atom. The second-order valence-electron chi connectivity index (χ2n) is 7.97. The van der Waals surface area contributed by atoms with Crippen molar-refractivity contribution in [2.45, 2.75) is 51.2 Å². The molecular weight excluding hydrogens is 453 g/mol. The molecule has 0 saturated heterocycles. The summed E-state index contributed by atoms with van der Waals surface area (Å²) < 4.78 is 22.8. The minimum atomic E-state index is -3.03. The Bertz CT molecular complexity index is 959. The van der Waals surface area contributed by atoms with Gasteiger partial charge in [0.05, 0.1) is 15.8 Å². The highest BCUT2D eigenvalue weighted by Gasteiger charge is 2.13. The molecule has 0 fully saturated rings. The van der Waals surface area contributed by atoms with Crippen LogP contribution in [-0.2, 0) is 33.2 Å². The summed E-state index contributed by atoms with van der Waals surface area (Å²) in [6, 6.07) is 13.2. The average molecular weight is 484 g/mol. The summed E-state index contributed by atoms with van der Waals surface area (Å²) >= 11 is 12.1. The number of hydrogen-bond acceptors (Lipinski definition) is 3. The van der Waals surface area contributed by atoms with E-state index in [0.717, 1.165) is 55.3 Å².